The third-order valence-electron chi connectivity index (χ3n) is 2.37. The largest absolute Gasteiger partial charge is 0.496 e. The maximum absolute atomic E-state index is 10.7. The molecule has 16 heavy (non-hydrogen) atoms. The molecule has 0 aliphatic rings. The van der Waals surface area contributed by atoms with Crippen LogP contribution in [0.4, 0.5) is 0 Å². The third-order valence-corrected chi connectivity index (χ3v) is 3.27. The Balaban J connectivity index is 3.24. The maximum atomic E-state index is 10.7. The molecule has 0 fully saturated rings. The van der Waals surface area contributed by atoms with Crippen LogP contribution in [0.3, 0.4) is 0 Å². The predicted molar refractivity (Wildman–Crippen MR) is 66.1 cm³/mol. The highest BCUT2D eigenvalue weighted by atomic mass is 79.9. The third kappa shape index (κ3) is 2.98. The lowest BCUT2D eigenvalue weighted by molar-refractivity contribution is -0.136. The summed E-state index contributed by atoms with van der Waals surface area (Å²) < 4.78 is 5.94. The molecule has 3 nitrogen and oxygen atoms in total. The number of aliphatic carboxylic acids is 1. The molecular weight excluding hydrogens is 272 g/mol. The minimum atomic E-state index is -0.844. The van der Waals surface area contributed by atoms with E-state index in [1.807, 2.05) is 12.1 Å². The van der Waals surface area contributed by atoms with Crippen molar-refractivity contribution in [2.24, 2.45) is 0 Å². The van der Waals surface area contributed by atoms with E-state index in [1.165, 1.54) is 0 Å². The first-order chi connectivity index (χ1) is 7.45. The van der Waals surface area contributed by atoms with Crippen LogP contribution in [0.1, 0.15) is 30.9 Å². The van der Waals surface area contributed by atoms with Crippen LogP contribution in [0.15, 0.2) is 16.6 Å². The number of methoxy groups -OCH3 is 1. The minimum Gasteiger partial charge on any atom is -0.496 e. The van der Waals surface area contributed by atoms with E-state index in [9.17, 15) is 4.79 Å². The molecule has 0 aliphatic heterocycles. The highest BCUT2D eigenvalue weighted by molar-refractivity contribution is 9.10. The van der Waals surface area contributed by atoms with Gasteiger partial charge in [0.2, 0.25) is 0 Å². The van der Waals surface area contributed by atoms with E-state index in [1.54, 1.807) is 7.11 Å². The van der Waals surface area contributed by atoms with Crippen LogP contribution in [0, 0.1) is 0 Å². The first-order valence-electron chi connectivity index (χ1n) is 5.03. The van der Waals surface area contributed by atoms with Crippen LogP contribution in [0.25, 0.3) is 0 Å². The summed E-state index contributed by atoms with van der Waals surface area (Å²) in [5.41, 5.74) is 1.83. The fourth-order valence-corrected chi connectivity index (χ4v) is 1.98. The highest BCUT2D eigenvalue weighted by Crippen LogP contribution is 2.33. The summed E-state index contributed by atoms with van der Waals surface area (Å²) in [6, 6.07) is 3.84. The minimum absolute atomic E-state index is 0.00248. The van der Waals surface area contributed by atoms with Crippen molar-refractivity contribution in [3.8, 4) is 5.75 Å². The summed E-state index contributed by atoms with van der Waals surface area (Å²) in [6.07, 6.45) is -0.00248. The number of carboxylic acid groups (broad SMARTS) is 1. The van der Waals surface area contributed by atoms with Crippen molar-refractivity contribution in [1.82, 2.24) is 0 Å². The number of rotatable bonds is 4. The number of carboxylic acids is 1. The molecule has 1 N–H and O–H groups in total. The smallest absolute Gasteiger partial charge is 0.307 e. The lowest BCUT2D eigenvalue weighted by Gasteiger charge is -2.13. The van der Waals surface area contributed by atoms with E-state index in [2.05, 4.69) is 29.8 Å². The van der Waals surface area contributed by atoms with Crippen LogP contribution in [-0.4, -0.2) is 18.2 Å². The number of carbonyl (C=O) groups is 1. The molecule has 0 unspecified atom stereocenters. The van der Waals surface area contributed by atoms with Crippen molar-refractivity contribution in [3.05, 3.63) is 27.7 Å². The molecule has 0 heterocycles. The molecule has 0 aliphatic carbocycles. The van der Waals surface area contributed by atoms with Gasteiger partial charge in [0.25, 0.3) is 0 Å². The van der Waals surface area contributed by atoms with Crippen molar-refractivity contribution >= 4 is 21.9 Å². The molecule has 0 amide bonds. The number of benzene rings is 1. The lowest BCUT2D eigenvalue weighted by Crippen LogP contribution is -2.03. The zero-order chi connectivity index (χ0) is 12.3. The summed E-state index contributed by atoms with van der Waals surface area (Å²) in [4.78, 5) is 10.7. The highest BCUT2D eigenvalue weighted by Gasteiger charge is 2.13. The van der Waals surface area contributed by atoms with Gasteiger partial charge in [0.15, 0.2) is 0 Å². The lowest BCUT2D eigenvalue weighted by atomic mass is 9.99. The van der Waals surface area contributed by atoms with Crippen LogP contribution in [-0.2, 0) is 11.2 Å². The molecule has 0 spiro atoms. The van der Waals surface area contributed by atoms with Crippen molar-refractivity contribution in [1.29, 1.82) is 0 Å². The fraction of sp³-hybridized carbons (Fsp3) is 0.417. The second-order valence-electron chi connectivity index (χ2n) is 3.92. The van der Waals surface area contributed by atoms with Gasteiger partial charge in [0.05, 0.1) is 18.0 Å². The SMILES string of the molecule is COc1cc(C(C)C)cc(CC(=O)O)c1Br. The molecule has 0 saturated heterocycles. The fourth-order valence-electron chi connectivity index (χ4n) is 1.45. The molecule has 0 saturated carbocycles. The van der Waals surface area contributed by atoms with Gasteiger partial charge >= 0.3 is 5.97 Å². The molecule has 1 aromatic carbocycles. The molecule has 0 radical (unpaired) electrons. The zero-order valence-corrected chi connectivity index (χ0v) is 11.2. The Hall–Kier alpha value is -1.03. The normalized spacial score (nSPS) is 10.6. The molecule has 1 rings (SSSR count). The summed E-state index contributed by atoms with van der Waals surface area (Å²) in [5, 5.41) is 8.82. The van der Waals surface area contributed by atoms with Gasteiger partial charge in [0.1, 0.15) is 5.75 Å². The van der Waals surface area contributed by atoms with Gasteiger partial charge in [-0.05, 0) is 39.0 Å². The Labute approximate surface area is 104 Å². The quantitative estimate of drug-likeness (QED) is 0.925. The average molecular weight is 287 g/mol. The summed E-state index contributed by atoms with van der Waals surface area (Å²) in [5.74, 6) is 0.181. The molecule has 0 atom stereocenters. The van der Waals surface area contributed by atoms with Crippen LogP contribution in [0.5, 0.6) is 5.75 Å². The van der Waals surface area contributed by atoms with E-state index in [0.29, 0.717) is 11.7 Å². The van der Waals surface area contributed by atoms with Gasteiger partial charge in [-0.3, -0.25) is 4.79 Å². The standard InChI is InChI=1S/C12H15BrO3/c1-7(2)8-4-9(6-11(14)15)12(13)10(5-8)16-3/h4-5,7H,6H2,1-3H3,(H,14,15). The van der Waals surface area contributed by atoms with Gasteiger partial charge in [-0.15, -0.1) is 0 Å². The van der Waals surface area contributed by atoms with E-state index in [0.717, 1.165) is 15.6 Å². The Bertz CT molecular complexity index is 399. The van der Waals surface area contributed by atoms with Gasteiger partial charge in [-0.1, -0.05) is 19.9 Å². The number of halogens is 1. The van der Waals surface area contributed by atoms with Crippen LogP contribution >= 0.6 is 15.9 Å². The van der Waals surface area contributed by atoms with Crippen molar-refractivity contribution < 1.29 is 14.6 Å². The van der Waals surface area contributed by atoms with Gasteiger partial charge in [-0.25, -0.2) is 0 Å². The second-order valence-corrected chi connectivity index (χ2v) is 4.71. The number of hydrogen-bond acceptors (Lipinski definition) is 2. The first kappa shape index (κ1) is 13.0. The average Bonchev–Trinajstić information content (AvgIpc) is 2.20. The number of ether oxygens (including phenoxy) is 1. The topological polar surface area (TPSA) is 46.5 Å². The zero-order valence-electron chi connectivity index (χ0n) is 9.58. The predicted octanol–water partition coefficient (Wildman–Crippen LogP) is 3.21. The molecule has 0 bridgehead atoms. The molecule has 0 aromatic heterocycles. The van der Waals surface area contributed by atoms with E-state index < -0.39 is 5.97 Å². The van der Waals surface area contributed by atoms with E-state index >= 15 is 0 Å². The second kappa shape index (κ2) is 5.34. The molecular formula is C12H15BrO3. The summed E-state index contributed by atoms with van der Waals surface area (Å²) in [6.45, 7) is 4.13. The van der Waals surface area contributed by atoms with Crippen molar-refractivity contribution in [2.75, 3.05) is 7.11 Å². The molecule has 88 valence electrons. The first-order valence-corrected chi connectivity index (χ1v) is 5.83. The Morgan fingerprint density at radius 3 is 2.56 bits per heavy atom. The summed E-state index contributed by atoms with van der Waals surface area (Å²) >= 11 is 3.36. The molecule has 1 aromatic rings. The van der Waals surface area contributed by atoms with Crippen LogP contribution < -0.4 is 4.74 Å². The Morgan fingerprint density at radius 2 is 2.12 bits per heavy atom. The Kier molecular flexibility index (Phi) is 4.35. The van der Waals surface area contributed by atoms with Crippen molar-refractivity contribution in [2.45, 2.75) is 26.2 Å². The van der Waals surface area contributed by atoms with E-state index in [4.69, 9.17) is 9.84 Å². The maximum Gasteiger partial charge on any atom is 0.307 e. The van der Waals surface area contributed by atoms with Crippen molar-refractivity contribution in [3.63, 3.8) is 0 Å². The van der Waals surface area contributed by atoms with E-state index in [-0.39, 0.29) is 6.42 Å². The summed E-state index contributed by atoms with van der Waals surface area (Å²) in [7, 11) is 1.58. The monoisotopic (exact) mass is 286 g/mol. The number of hydrogen-bond donors (Lipinski definition) is 1. The van der Waals surface area contributed by atoms with Gasteiger partial charge < -0.3 is 9.84 Å². The van der Waals surface area contributed by atoms with Gasteiger partial charge in [0, 0.05) is 0 Å². The molecule has 4 heteroatoms. The Morgan fingerprint density at radius 1 is 1.50 bits per heavy atom. The van der Waals surface area contributed by atoms with Gasteiger partial charge in [-0.2, -0.15) is 0 Å². The van der Waals surface area contributed by atoms with Crippen LogP contribution in [0.2, 0.25) is 0 Å².